The molecule has 2 N–H and O–H groups in total. The summed E-state index contributed by atoms with van der Waals surface area (Å²) in [6, 6.07) is 0. The van der Waals surface area contributed by atoms with Gasteiger partial charge in [-0.05, 0) is 18.4 Å². The summed E-state index contributed by atoms with van der Waals surface area (Å²) in [5.74, 6) is 1.41. The quantitative estimate of drug-likeness (QED) is 0.417. The zero-order valence-corrected chi connectivity index (χ0v) is 9.49. The van der Waals surface area contributed by atoms with E-state index in [1.807, 2.05) is 0 Å². The number of unbranched alkanes of at least 4 members (excludes halogenated alkanes) is 2. The van der Waals surface area contributed by atoms with Gasteiger partial charge >= 0.3 is 0 Å². The SMILES string of the molecule is C#CC(O)C(=C)CCCCC.CC(=O)O. The first-order valence-electron chi connectivity index (χ1n) is 4.97. The molecule has 3 heteroatoms. The maximum absolute atomic E-state index is 9.09. The number of rotatable bonds is 5. The average Bonchev–Trinajstić information content (AvgIpc) is 2.16. The molecule has 1 unspecified atom stereocenters. The molecule has 0 aliphatic heterocycles. The van der Waals surface area contributed by atoms with Crippen LogP contribution in [0.2, 0.25) is 0 Å². The van der Waals surface area contributed by atoms with Gasteiger partial charge in [0.2, 0.25) is 0 Å². The zero-order valence-electron chi connectivity index (χ0n) is 9.49. The third-order valence-corrected chi connectivity index (χ3v) is 1.65. The molecule has 86 valence electrons. The van der Waals surface area contributed by atoms with Gasteiger partial charge in [0.25, 0.3) is 5.97 Å². The average molecular weight is 212 g/mol. The maximum atomic E-state index is 9.09. The van der Waals surface area contributed by atoms with Crippen molar-refractivity contribution in [1.82, 2.24) is 0 Å². The van der Waals surface area contributed by atoms with E-state index in [1.165, 1.54) is 12.8 Å². The van der Waals surface area contributed by atoms with E-state index in [0.29, 0.717) is 0 Å². The molecule has 0 rings (SSSR count). The van der Waals surface area contributed by atoms with Gasteiger partial charge in [0, 0.05) is 6.92 Å². The summed E-state index contributed by atoms with van der Waals surface area (Å²) < 4.78 is 0. The van der Waals surface area contributed by atoms with Gasteiger partial charge < -0.3 is 10.2 Å². The van der Waals surface area contributed by atoms with E-state index < -0.39 is 12.1 Å². The lowest BCUT2D eigenvalue weighted by molar-refractivity contribution is -0.134. The Morgan fingerprint density at radius 2 is 2.00 bits per heavy atom. The molecule has 1 atom stereocenters. The van der Waals surface area contributed by atoms with E-state index in [1.54, 1.807) is 0 Å². The van der Waals surface area contributed by atoms with Crippen LogP contribution in [0.1, 0.15) is 39.5 Å². The molecule has 0 spiro atoms. The maximum Gasteiger partial charge on any atom is 0.300 e. The molecule has 0 aliphatic carbocycles. The minimum Gasteiger partial charge on any atom is -0.481 e. The van der Waals surface area contributed by atoms with Crippen LogP contribution in [0.3, 0.4) is 0 Å². The van der Waals surface area contributed by atoms with Crippen molar-refractivity contribution in [3.63, 3.8) is 0 Å². The molecule has 0 fully saturated rings. The minimum atomic E-state index is -0.833. The molecule has 15 heavy (non-hydrogen) atoms. The van der Waals surface area contributed by atoms with Crippen LogP contribution in [0.25, 0.3) is 0 Å². The van der Waals surface area contributed by atoms with Gasteiger partial charge in [0.1, 0.15) is 6.10 Å². The van der Waals surface area contributed by atoms with E-state index in [2.05, 4.69) is 19.4 Å². The number of carbonyl (C=O) groups is 1. The third kappa shape index (κ3) is 15.5. The van der Waals surface area contributed by atoms with Gasteiger partial charge in [0.15, 0.2) is 0 Å². The van der Waals surface area contributed by atoms with E-state index >= 15 is 0 Å². The molecule has 0 aromatic heterocycles. The number of carboxylic acid groups (broad SMARTS) is 1. The summed E-state index contributed by atoms with van der Waals surface area (Å²) in [4.78, 5) is 9.00. The summed E-state index contributed by atoms with van der Waals surface area (Å²) >= 11 is 0. The Morgan fingerprint density at radius 3 is 2.33 bits per heavy atom. The molecule has 0 saturated heterocycles. The Hall–Kier alpha value is -1.27. The number of terminal acetylenes is 1. The van der Waals surface area contributed by atoms with Crippen molar-refractivity contribution in [1.29, 1.82) is 0 Å². The fraction of sp³-hybridized carbons (Fsp3) is 0.583. The van der Waals surface area contributed by atoms with Gasteiger partial charge in [-0.1, -0.05) is 32.3 Å². The minimum absolute atomic E-state index is 0.744. The van der Waals surface area contributed by atoms with Gasteiger partial charge in [-0.15, -0.1) is 6.42 Å². The monoisotopic (exact) mass is 212 g/mol. The highest BCUT2D eigenvalue weighted by Gasteiger charge is 2.02. The predicted octanol–water partition coefficient (Wildman–Crippen LogP) is 2.21. The van der Waals surface area contributed by atoms with E-state index in [0.717, 1.165) is 25.3 Å². The van der Waals surface area contributed by atoms with Crippen LogP contribution < -0.4 is 0 Å². The van der Waals surface area contributed by atoms with Crippen molar-refractivity contribution in [2.75, 3.05) is 0 Å². The number of hydrogen-bond acceptors (Lipinski definition) is 2. The standard InChI is InChI=1S/C10H16O.C2H4O2/c1-4-6-7-8-9(3)10(11)5-2;1-2(3)4/h2,10-11H,3-4,6-8H2,1H3;1H3,(H,3,4). The zero-order chi connectivity index (χ0) is 12.3. The molecular weight excluding hydrogens is 192 g/mol. The molecule has 0 amide bonds. The van der Waals surface area contributed by atoms with Gasteiger partial charge in [-0.25, -0.2) is 0 Å². The molecule has 0 radical (unpaired) electrons. The van der Waals surface area contributed by atoms with Crippen molar-refractivity contribution in [2.24, 2.45) is 0 Å². The first-order valence-corrected chi connectivity index (χ1v) is 4.97. The smallest absolute Gasteiger partial charge is 0.300 e. The summed E-state index contributed by atoms with van der Waals surface area (Å²) in [6.07, 6.45) is 8.55. The van der Waals surface area contributed by atoms with Crippen LogP contribution in [0.4, 0.5) is 0 Å². The van der Waals surface area contributed by atoms with Crippen LogP contribution in [0.5, 0.6) is 0 Å². The van der Waals surface area contributed by atoms with E-state index in [-0.39, 0.29) is 0 Å². The van der Waals surface area contributed by atoms with Gasteiger partial charge in [0.05, 0.1) is 0 Å². The molecule has 0 bridgehead atoms. The van der Waals surface area contributed by atoms with Crippen LogP contribution in [-0.4, -0.2) is 22.3 Å². The molecule has 0 aliphatic rings. The summed E-state index contributed by atoms with van der Waals surface area (Å²) in [6.45, 7) is 6.93. The second kappa shape index (κ2) is 10.8. The molecule has 0 heterocycles. The van der Waals surface area contributed by atoms with Crippen LogP contribution in [-0.2, 0) is 4.79 Å². The van der Waals surface area contributed by atoms with Crippen molar-refractivity contribution >= 4 is 5.97 Å². The highest BCUT2D eigenvalue weighted by Crippen LogP contribution is 2.09. The Morgan fingerprint density at radius 1 is 1.53 bits per heavy atom. The van der Waals surface area contributed by atoms with Gasteiger partial charge in [-0.2, -0.15) is 0 Å². The number of aliphatic hydroxyl groups is 1. The van der Waals surface area contributed by atoms with Crippen molar-refractivity contribution in [3.05, 3.63) is 12.2 Å². The van der Waals surface area contributed by atoms with Crippen molar-refractivity contribution < 1.29 is 15.0 Å². The Balaban J connectivity index is 0. The molecule has 0 aromatic rings. The van der Waals surface area contributed by atoms with Crippen molar-refractivity contribution in [3.8, 4) is 12.3 Å². The largest absolute Gasteiger partial charge is 0.481 e. The third-order valence-electron chi connectivity index (χ3n) is 1.65. The second-order valence-corrected chi connectivity index (χ2v) is 3.20. The number of aliphatic hydroxyl groups excluding tert-OH is 1. The lowest BCUT2D eigenvalue weighted by Gasteiger charge is -2.06. The summed E-state index contributed by atoms with van der Waals surface area (Å²) in [5, 5.41) is 16.5. The van der Waals surface area contributed by atoms with E-state index in [9.17, 15) is 0 Å². The lowest BCUT2D eigenvalue weighted by Crippen LogP contribution is -2.05. The molecular formula is C12H20O3. The molecule has 0 aromatic carbocycles. The predicted molar refractivity (Wildman–Crippen MR) is 61.4 cm³/mol. The fourth-order valence-electron chi connectivity index (χ4n) is 0.857. The number of aliphatic carboxylic acids is 1. The summed E-state index contributed by atoms with van der Waals surface area (Å²) in [5.41, 5.74) is 0.765. The first-order chi connectivity index (χ1) is 6.95. The van der Waals surface area contributed by atoms with Crippen LogP contribution in [0.15, 0.2) is 12.2 Å². The first kappa shape index (κ1) is 16.2. The number of carboxylic acids is 1. The summed E-state index contributed by atoms with van der Waals surface area (Å²) in [7, 11) is 0. The Labute approximate surface area is 91.8 Å². The Kier molecular flexibility index (Phi) is 11.7. The van der Waals surface area contributed by atoms with Crippen LogP contribution in [0, 0.1) is 12.3 Å². The fourth-order valence-corrected chi connectivity index (χ4v) is 0.857. The van der Waals surface area contributed by atoms with Crippen LogP contribution >= 0.6 is 0 Å². The lowest BCUT2D eigenvalue weighted by atomic mass is 10.0. The highest BCUT2D eigenvalue weighted by atomic mass is 16.4. The Bertz CT molecular complexity index is 222. The van der Waals surface area contributed by atoms with Crippen molar-refractivity contribution in [2.45, 2.75) is 45.6 Å². The number of hydrogen-bond donors (Lipinski definition) is 2. The van der Waals surface area contributed by atoms with E-state index in [4.69, 9.17) is 21.4 Å². The van der Waals surface area contributed by atoms with Gasteiger partial charge in [-0.3, -0.25) is 4.79 Å². The second-order valence-electron chi connectivity index (χ2n) is 3.20. The molecule has 0 saturated carbocycles. The molecule has 3 nitrogen and oxygen atoms in total. The highest BCUT2D eigenvalue weighted by molar-refractivity contribution is 5.62. The normalized spacial score (nSPS) is 10.5. The topological polar surface area (TPSA) is 57.5 Å².